The molecule has 5 nitrogen and oxygen atoms in total. The van der Waals surface area contributed by atoms with Crippen LogP contribution in [0.15, 0.2) is 53.6 Å². The van der Waals surface area contributed by atoms with Gasteiger partial charge in [0.1, 0.15) is 0 Å². The SMILES string of the molecule is CS(=O)c1ccc(C(=O)NCC(CO)Cc2ccccn2)cc1. The van der Waals surface area contributed by atoms with Gasteiger partial charge < -0.3 is 10.4 Å². The number of aliphatic hydroxyl groups excluding tert-OH is 1. The molecule has 0 saturated carbocycles. The highest BCUT2D eigenvalue weighted by Crippen LogP contribution is 2.09. The molecule has 2 unspecified atom stereocenters. The van der Waals surface area contributed by atoms with Gasteiger partial charge in [0.05, 0.1) is 0 Å². The van der Waals surface area contributed by atoms with Crippen LogP contribution in [0.2, 0.25) is 0 Å². The summed E-state index contributed by atoms with van der Waals surface area (Å²) in [5, 5.41) is 12.3. The zero-order valence-corrected chi connectivity index (χ0v) is 13.8. The van der Waals surface area contributed by atoms with Crippen LogP contribution in [0, 0.1) is 5.92 Å². The van der Waals surface area contributed by atoms with E-state index in [2.05, 4.69) is 10.3 Å². The third kappa shape index (κ3) is 5.26. The van der Waals surface area contributed by atoms with Crippen LogP contribution in [0.4, 0.5) is 0 Å². The van der Waals surface area contributed by atoms with Crippen molar-refractivity contribution in [1.29, 1.82) is 0 Å². The first-order valence-electron chi connectivity index (χ1n) is 7.32. The lowest BCUT2D eigenvalue weighted by Gasteiger charge is -2.14. The number of nitrogens with zero attached hydrogens (tertiary/aromatic N) is 1. The lowest BCUT2D eigenvalue weighted by molar-refractivity contribution is 0.0939. The lowest BCUT2D eigenvalue weighted by atomic mass is 10.0. The first kappa shape index (κ1) is 17.3. The summed E-state index contributed by atoms with van der Waals surface area (Å²) in [7, 11) is -1.06. The molecule has 2 rings (SSSR count). The minimum Gasteiger partial charge on any atom is -0.396 e. The van der Waals surface area contributed by atoms with E-state index < -0.39 is 10.8 Å². The van der Waals surface area contributed by atoms with Crippen LogP contribution >= 0.6 is 0 Å². The molecular weight excluding hydrogens is 312 g/mol. The molecule has 1 amide bonds. The second kappa shape index (κ2) is 8.55. The maximum absolute atomic E-state index is 12.1. The van der Waals surface area contributed by atoms with E-state index in [9.17, 15) is 14.1 Å². The molecule has 0 fully saturated rings. The minimum atomic E-state index is -1.06. The molecule has 2 atom stereocenters. The van der Waals surface area contributed by atoms with Gasteiger partial charge in [0.25, 0.3) is 5.91 Å². The number of aliphatic hydroxyl groups is 1. The fourth-order valence-corrected chi connectivity index (χ4v) is 2.67. The highest BCUT2D eigenvalue weighted by molar-refractivity contribution is 7.84. The van der Waals surface area contributed by atoms with Crippen molar-refractivity contribution in [3.05, 3.63) is 59.9 Å². The van der Waals surface area contributed by atoms with Gasteiger partial charge >= 0.3 is 0 Å². The molecule has 0 aliphatic carbocycles. The van der Waals surface area contributed by atoms with Crippen LogP contribution < -0.4 is 5.32 Å². The number of amides is 1. The Kier molecular flexibility index (Phi) is 6.43. The molecule has 2 N–H and O–H groups in total. The number of nitrogens with one attached hydrogen (secondary N) is 1. The molecule has 122 valence electrons. The summed E-state index contributed by atoms with van der Waals surface area (Å²) in [6.07, 6.45) is 3.91. The van der Waals surface area contributed by atoms with E-state index >= 15 is 0 Å². The summed E-state index contributed by atoms with van der Waals surface area (Å²) >= 11 is 0. The van der Waals surface area contributed by atoms with Crippen LogP contribution in [0.1, 0.15) is 16.1 Å². The Morgan fingerprint density at radius 2 is 2.00 bits per heavy atom. The van der Waals surface area contributed by atoms with Gasteiger partial charge in [-0.3, -0.25) is 14.0 Å². The smallest absolute Gasteiger partial charge is 0.251 e. The van der Waals surface area contributed by atoms with Crippen LogP contribution in [0.5, 0.6) is 0 Å². The third-order valence-corrected chi connectivity index (χ3v) is 4.42. The normalized spacial score (nSPS) is 13.3. The van der Waals surface area contributed by atoms with E-state index in [-0.39, 0.29) is 18.4 Å². The molecule has 0 saturated heterocycles. The summed E-state index contributed by atoms with van der Waals surface area (Å²) in [4.78, 5) is 17.0. The molecule has 23 heavy (non-hydrogen) atoms. The van der Waals surface area contributed by atoms with Crippen molar-refractivity contribution in [1.82, 2.24) is 10.3 Å². The maximum Gasteiger partial charge on any atom is 0.251 e. The maximum atomic E-state index is 12.1. The Balaban J connectivity index is 1.90. The third-order valence-electron chi connectivity index (χ3n) is 3.48. The zero-order valence-electron chi connectivity index (χ0n) is 12.9. The van der Waals surface area contributed by atoms with E-state index in [1.807, 2.05) is 18.2 Å². The molecule has 1 aromatic heterocycles. The largest absolute Gasteiger partial charge is 0.396 e. The molecule has 0 spiro atoms. The summed E-state index contributed by atoms with van der Waals surface area (Å²) in [6.45, 7) is 0.345. The van der Waals surface area contributed by atoms with E-state index in [1.165, 1.54) is 0 Å². The van der Waals surface area contributed by atoms with E-state index in [0.717, 1.165) is 5.69 Å². The molecule has 0 bridgehead atoms. The Morgan fingerprint density at radius 1 is 1.26 bits per heavy atom. The first-order valence-corrected chi connectivity index (χ1v) is 8.88. The molecule has 0 aliphatic rings. The predicted octanol–water partition coefficient (Wildman–Crippen LogP) is 1.40. The minimum absolute atomic E-state index is 0.0232. The van der Waals surface area contributed by atoms with E-state index in [1.54, 1.807) is 36.7 Å². The number of carbonyl (C=O) groups excluding carboxylic acids is 1. The number of carbonyl (C=O) groups is 1. The van der Waals surface area contributed by atoms with Crippen molar-refractivity contribution >= 4 is 16.7 Å². The molecule has 2 aromatic rings. The number of hydrogen-bond donors (Lipinski definition) is 2. The fraction of sp³-hybridized carbons (Fsp3) is 0.294. The fourth-order valence-electron chi connectivity index (χ4n) is 2.15. The number of benzene rings is 1. The average Bonchev–Trinajstić information content (AvgIpc) is 2.59. The number of aromatic nitrogens is 1. The van der Waals surface area contributed by atoms with Gasteiger partial charge in [-0.2, -0.15) is 0 Å². The summed E-state index contributed by atoms with van der Waals surface area (Å²) in [6, 6.07) is 12.3. The van der Waals surface area contributed by atoms with Gasteiger partial charge in [-0.25, -0.2) is 0 Å². The van der Waals surface area contributed by atoms with Gasteiger partial charge in [-0.15, -0.1) is 0 Å². The van der Waals surface area contributed by atoms with Crippen LogP contribution in [-0.4, -0.2) is 39.6 Å². The molecule has 0 aliphatic heterocycles. The molecule has 6 heteroatoms. The van der Waals surface area contributed by atoms with E-state index in [0.29, 0.717) is 23.4 Å². The number of rotatable bonds is 7. The topological polar surface area (TPSA) is 79.3 Å². The van der Waals surface area contributed by atoms with Gasteiger partial charge in [-0.05, 0) is 42.8 Å². The molecular formula is C17H20N2O3S. The Hall–Kier alpha value is -2.05. The molecule has 1 heterocycles. The number of hydrogen-bond acceptors (Lipinski definition) is 4. The van der Waals surface area contributed by atoms with Crippen LogP contribution in [0.3, 0.4) is 0 Å². The highest BCUT2D eigenvalue weighted by Gasteiger charge is 2.12. The second-order valence-electron chi connectivity index (χ2n) is 5.26. The second-order valence-corrected chi connectivity index (χ2v) is 6.64. The zero-order chi connectivity index (χ0) is 16.7. The predicted molar refractivity (Wildman–Crippen MR) is 89.6 cm³/mol. The van der Waals surface area contributed by atoms with Crippen molar-refractivity contribution in [2.75, 3.05) is 19.4 Å². The molecule has 1 aromatic carbocycles. The van der Waals surface area contributed by atoms with Gasteiger partial charge in [0, 0.05) is 58.5 Å². The van der Waals surface area contributed by atoms with Crippen molar-refractivity contribution < 1.29 is 14.1 Å². The van der Waals surface area contributed by atoms with Gasteiger partial charge in [0.15, 0.2) is 0 Å². The quantitative estimate of drug-likeness (QED) is 0.803. The van der Waals surface area contributed by atoms with E-state index in [4.69, 9.17) is 0 Å². The Morgan fingerprint density at radius 3 is 2.57 bits per heavy atom. The first-order chi connectivity index (χ1) is 11.1. The molecule has 0 radical (unpaired) electrons. The monoisotopic (exact) mass is 332 g/mol. The summed E-state index contributed by atoms with van der Waals surface area (Å²) < 4.78 is 11.3. The highest BCUT2D eigenvalue weighted by atomic mass is 32.2. The summed E-state index contributed by atoms with van der Waals surface area (Å²) in [5.74, 6) is -0.297. The average molecular weight is 332 g/mol. The summed E-state index contributed by atoms with van der Waals surface area (Å²) in [5.41, 5.74) is 1.39. The van der Waals surface area contributed by atoms with Crippen molar-refractivity contribution in [2.45, 2.75) is 11.3 Å². The standard InChI is InChI=1S/C17H20N2O3S/c1-23(22)16-7-5-14(6-8-16)17(21)19-11-13(12-20)10-15-4-2-3-9-18-15/h2-9,13,20H,10-12H2,1H3,(H,19,21). The van der Waals surface area contributed by atoms with Crippen molar-refractivity contribution in [3.63, 3.8) is 0 Å². The van der Waals surface area contributed by atoms with Gasteiger partial charge in [0.2, 0.25) is 0 Å². The van der Waals surface area contributed by atoms with Crippen molar-refractivity contribution in [3.8, 4) is 0 Å². The Labute approximate surface area is 138 Å². The Bertz CT molecular complexity index is 659. The van der Waals surface area contributed by atoms with Gasteiger partial charge in [-0.1, -0.05) is 6.07 Å². The van der Waals surface area contributed by atoms with Crippen LogP contribution in [-0.2, 0) is 17.2 Å². The van der Waals surface area contributed by atoms with Crippen LogP contribution in [0.25, 0.3) is 0 Å². The lowest BCUT2D eigenvalue weighted by Crippen LogP contribution is -2.32. The number of pyridine rings is 1. The van der Waals surface area contributed by atoms with Crippen molar-refractivity contribution in [2.24, 2.45) is 5.92 Å².